The van der Waals surface area contributed by atoms with Crippen molar-refractivity contribution in [2.45, 2.75) is 6.61 Å². The van der Waals surface area contributed by atoms with Crippen LogP contribution in [-0.2, 0) is 6.61 Å². The normalized spacial score (nSPS) is 11.4. The summed E-state index contributed by atoms with van der Waals surface area (Å²) in [5, 5.41) is 3.06. The van der Waals surface area contributed by atoms with Gasteiger partial charge in [0.2, 0.25) is 0 Å². The number of ether oxygens (including phenoxy) is 1. The van der Waals surface area contributed by atoms with Crippen LogP contribution in [0, 0.1) is 0 Å². The molecule has 0 fully saturated rings. The molecule has 0 aromatic carbocycles. The van der Waals surface area contributed by atoms with Gasteiger partial charge in [0.05, 0.1) is 11.9 Å². The van der Waals surface area contributed by atoms with Crippen molar-refractivity contribution in [3.05, 3.63) is 48.0 Å². The molecule has 0 aliphatic heterocycles. The van der Waals surface area contributed by atoms with Crippen molar-refractivity contribution >= 4 is 27.3 Å². The molecule has 94 valence electrons. The van der Waals surface area contributed by atoms with Gasteiger partial charge >= 0.3 is 0 Å². The van der Waals surface area contributed by atoms with Gasteiger partial charge in [0.25, 0.3) is 0 Å². The maximum absolute atomic E-state index is 5.72. The van der Waals surface area contributed by atoms with Crippen LogP contribution in [0.5, 0.6) is 5.75 Å². The van der Waals surface area contributed by atoms with Crippen LogP contribution in [0.15, 0.2) is 42.3 Å². The standard InChI is InChI=1S/C13H10N4OS/c1-2-14-12-9(1)5-11(6-15-12)18-8-10-7-17-3-4-19-13(17)16-10/h1-7H,8H2,(H,14,15). The van der Waals surface area contributed by atoms with E-state index >= 15 is 0 Å². The Kier molecular flexibility index (Phi) is 2.28. The zero-order chi connectivity index (χ0) is 12.7. The van der Waals surface area contributed by atoms with E-state index in [2.05, 4.69) is 15.0 Å². The Labute approximate surface area is 112 Å². The first kappa shape index (κ1) is 10.6. The number of hydrogen-bond donors (Lipinski definition) is 1. The summed E-state index contributed by atoms with van der Waals surface area (Å²) in [5.74, 6) is 0.753. The average molecular weight is 270 g/mol. The number of H-pyrrole nitrogens is 1. The van der Waals surface area contributed by atoms with Crippen LogP contribution in [0.1, 0.15) is 5.69 Å². The number of rotatable bonds is 3. The van der Waals surface area contributed by atoms with E-state index in [-0.39, 0.29) is 0 Å². The van der Waals surface area contributed by atoms with Crippen molar-refractivity contribution in [2.24, 2.45) is 0 Å². The predicted molar refractivity (Wildman–Crippen MR) is 73.5 cm³/mol. The summed E-state index contributed by atoms with van der Waals surface area (Å²) < 4.78 is 7.72. The fourth-order valence-electron chi connectivity index (χ4n) is 2.00. The highest BCUT2D eigenvalue weighted by Gasteiger charge is 2.04. The van der Waals surface area contributed by atoms with Crippen molar-refractivity contribution in [1.82, 2.24) is 19.4 Å². The molecule has 0 amide bonds. The van der Waals surface area contributed by atoms with Gasteiger partial charge in [0, 0.05) is 29.4 Å². The average Bonchev–Trinajstić information content (AvgIpc) is 3.10. The lowest BCUT2D eigenvalue weighted by Gasteiger charge is -2.03. The van der Waals surface area contributed by atoms with Crippen molar-refractivity contribution in [3.8, 4) is 5.75 Å². The third-order valence-corrected chi connectivity index (χ3v) is 3.68. The van der Waals surface area contributed by atoms with Gasteiger partial charge in [-0.1, -0.05) is 0 Å². The predicted octanol–water partition coefficient (Wildman–Crippen LogP) is 2.85. The largest absolute Gasteiger partial charge is 0.486 e. The molecule has 0 aliphatic carbocycles. The fraction of sp³-hybridized carbons (Fsp3) is 0.0769. The van der Waals surface area contributed by atoms with E-state index in [9.17, 15) is 0 Å². The topological polar surface area (TPSA) is 55.2 Å². The summed E-state index contributed by atoms with van der Waals surface area (Å²) in [7, 11) is 0. The number of aromatic nitrogens is 4. The molecule has 4 aromatic heterocycles. The van der Waals surface area contributed by atoms with E-state index in [0.717, 1.165) is 27.4 Å². The molecule has 0 atom stereocenters. The minimum Gasteiger partial charge on any atom is -0.486 e. The molecular formula is C13H10N4OS. The molecule has 4 rings (SSSR count). The number of imidazole rings is 1. The van der Waals surface area contributed by atoms with Crippen molar-refractivity contribution in [1.29, 1.82) is 0 Å². The molecule has 5 nitrogen and oxygen atoms in total. The molecule has 4 heterocycles. The number of hydrogen-bond acceptors (Lipinski definition) is 4. The first-order chi connectivity index (χ1) is 9.38. The molecule has 4 aromatic rings. The van der Waals surface area contributed by atoms with Crippen molar-refractivity contribution in [3.63, 3.8) is 0 Å². The monoisotopic (exact) mass is 270 g/mol. The summed E-state index contributed by atoms with van der Waals surface area (Å²) in [5.41, 5.74) is 1.79. The molecule has 0 bridgehead atoms. The van der Waals surface area contributed by atoms with Gasteiger partial charge < -0.3 is 9.72 Å². The number of aromatic amines is 1. The number of pyridine rings is 1. The Balaban J connectivity index is 1.55. The molecule has 0 spiro atoms. The molecule has 0 unspecified atom stereocenters. The Hall–Kier alpha value is -2.34. The molecule has 6 heteroatoms. The smallest absolute Gasteiger partial charge is 0.193 e. The van der Waals surface area contributed by atoms with Gasteiger partial charge in [-0.15, -0.1) is 11.3 Å². The van der Waals surface area contributed by atoms with Gasteiger partial charge in [0.15, 0.2) is 4.96 Å². The van der Waals surface area contributed by atoms with E-state index in [4.69, 9.17) is 4.74 Å². The highest BCUT2D eigenvalue weighted by molar-refractivity contribution is 7.15. The second-order valence-electron chi connectivity index (χ2n) is 4.20. The lowest BCUT2D eigenvalue weighted by molar-refractivity contribution is 0.301. The highest BCUT2D eigenvalue weighted by atomic mass is 32.1. The molecule has 0 radical (unpaired) electrons. The van der Waals surface area contributed by atoms with Crippen molar-refractivity contribution < 1.29 is 4.74 Å². The third kappa shape index (κ3) is 1.86. The van der Waals surface area contributed by atoms with Crippen LogP contribution in [-0.4, -0.2) is 19.4 Å². The zero-order valence-electron chi connectivity index (χ0n) is 9.91. The van der Waals surface area contributed by atoms with E-state index in [0.29, 0.717) is 6.61 Å². The lowest BCUT2D eigenvalue weighted by atomic mass is 10.3. The Morgan fingerprint density at radius 3 is 3.37 bits per heavy atom. The van der Waals surface area contributed by atoms with Crippen LogP contribution < -0.4 is 4.74 Å². The summed E-state index contributed by atoms with van der Waals surface area (Å²) >= 11 is 1.61. The van der Waals surface area contributed by atoms with E-state index in [1.165, 1.54) is 0 Å². The number of thiazole rings is 1. The minimum atomic E-state index is 0.450. The van der Waals surface area contributed by atoms with Gasteiger partial charge in [-0.2, -0.15) is 0 Å². The minimum absolute atomic E-state index is 0.450. The first-order valence-corrected chi connectivity index (χ1v) is 6.73. The van der Waals surface area contributed by atoms with E-state index in [1.54, 1.807) is 17.5 Å². The quantitative estimate of drug-likeness (QED) is 0.623. The second-order valence-corrected chi connectivity index (χ2v) is 5.07. The maximum atomic E-state index is 5.72. The SMILES string of the molecule is c1cc2cc(OCc3cn4ccsc4n3)cnc2[nH]1. The number of fused-ring (bicyclic) bond motifs is 2. The molecule has 0 saturated carbocycles. The lowest BCUT2D eigenvalue weighted by Crippen LogP contribution is -1.96. The van der Waals surface area contributed by atoms with Gasteiger partial charge in [-0.3, -0.25) is 4.40 Å². The van der Waals surface area contributed by atoms with Crippen LogP contribution in [0.25, 0.3) is 16.0 Å². The summed E-state index contributed by atoms with van der Waals surface area (Å²) in [6.07, 6.45) is 7.56. The Morgan fingerprint density at radius 1 is 1.42 bits per heavy atom. The molecule has 19 heavy (non-hydrogen) atoms. The fourth-order valence-corrected chi connectivity index (χ4v) is 2.72. The van der Waals surface area contributed by atoms with Gasteiger partial charge in [-0.25, -0.2) is 9.97 Å². The highest BCUT2D eigenvalue weighted by Crippen LogP contribution is 2.18. The second kappa shape index (κ2) is 4.10. The summed E-state index contributed by atoms with van der Waals surface area (Å²) in [6.45, 7) is 0.450. The maximum Gasteiger partial charge on any atom is 0.193 e. The van der Waals surface area contributed by atoms with Gasteiger partial charge in [-0.05, 0) is 12.1 Å². The Morgan fingerprint density at radius 2 is 2.42 bits per heavy atom. The first-order valence-electron chi connectivity index (χ1n) is 5.85. The van der Waals surface area contributed by atoms with Gasteiger partial charge in [0.1, 0.15) is 18.0 Å². The summed E-state index contributed by atoms with van der Waals surface area (Å²) in [6, 6.07) is 3.94. The molecule has 1 N–H and O–H groups in total. The number of nitrogens with one attached hydrogen (secondary N) is 1. The van der Waals surface area contributed by atoms with Crippen LogP contribution in [0.2, 0.25) is 0 Å². The van der Waals surface area contributed by atoms with Crippen LogP contribution >= 0.6 is 11.3 Å². The van der Waals surface area contributed by atoms with Crippen molar-refractivity contribution in [2.75, 3.05) is 0 Å². The summed E-state index contributed by atoms with van der Waals surface area (Å²) in [4.78, 5) is 12.8. The van der Waals surface area contributed by atoms with Crippen LogP contribution in [0.3, 0.4) is 0 Å². The molecule has 0 saturated heterocycles. The number of nitrogens with zero attached hydrogens (tertiary/aromatic N) is 3. The van der Waals surface area contributed by atoms with E-state index < -0.39 is 0 Å². The van der Waals surface area contributed by atoms with Crippen LogP contribution in [0.4, 0.5) is 0 Å². The third-order valence-electron chi connectivity index (χ3n) is 2.90. The van der Waals surface area contributed by atoms with E-state index in [1.807, 2.05) is 40.5 Å². The zero-order valence-corrected chi connectivity index (χ0v) is 10.7. The Bertz CT molecular complexity index is 816. The molecule has 0 aliphatic rings. The molecular weight excluding hydrogens is 260 g/mol.